The number of ether oxygens (including phenoxy) is 2. The number of rotatable bonds is 5. The number of esters is 1. The van der Waals surface area contributed by atoms with Crippen LogP contribution in [0.15, 0.2) is 12.2 Å². The summed E-state index contributed by atoms with van der Waals surface area (Å²) in [6.45, 7) is 3.04. The SMILES string of the molecule is C=C(COCP(=O)(O)O)C(=O)OC. The normalized spacial score (nSPS) is 11.0. The van der Waals surface area contributed by atoms with Gasteiger partial charge >= 0.3 is 13.6 Å². The van der Waals surface area contributed by atoms with Gasteiger partial charge in [-0.1, -0.05) is 6.58 Å². The van der Waals surface area contributed by atoms with Crippen molar-refractivity contribution in [3.8, 4) is 0 Å². The van der Waals surface area contributed by atoms with Gasteiger partial charge in [0.25, 0.3) is 0 Å². The van der Waals surface area contributed by atoms with Gasteiger partial charge in [0.05, 0.1) is 19.3 Å². The molecule has 0 heterocycles. The highest BCUT2D eigenvalue weighted by molar-refractivity contribution is 7.51. The standard InChI is InChI=1S/C6H11O6P/c1-5(6(7)11-2)3-12-4-13(8,9)10/h1,3-4H2,2H3,(H2,8,9,10). The van der Waals surface area contributed by atoms with Crippen molar-refractivity contribution < 1.29 is 28.6 Å². The summed E-state index contributed by atoms with van der Waals surface area (Å²) >= 11 is 0. The van der Waals surface area contributed by atoms with Crippen molar-refractivity contribution in [1.82, 2.24) is 0 Å². The molecule has 0 bridgehead atoms. The van der Waals surface area contributed by atoms with E-state index in [9.17, 15) is 9.36 Å². The summed E-state index contributed by atoms with van der Waals surface area (Å²) in [6, 6.07) is 0. The maximum atomic E-state index is 10.7. The van der Waals surface area contributed by atoms with Gasteiger partial charge in [-0.3, -0.25) is 4.57 Å². The molecule has 0 fully saturated rings. The van der Waals surface area contributed by atoms with Crippen LogP contribution in [-0.4, -0.2) is 35.8 Å². The summed E-state index contributed by atoms with van der Waals surface area (Å²) in [4.78, 5) is 27.4. The largest absolute Gasteiger partial charge is 0.466 e. The van der Waals surface area contributed by atoms with E-state index in [1.54, 1.807) is 0 Å². The zero-order valence-corrected chi connectivity index (χ0v) is 7.99. The summed E-state index contributed by atoms with van der Waals surface area (Å²) in [6.07, 6.45) is -0.733. The molecule has 2 N–H and O–H groups in total. The Labute approximate surface area is 75.3 Å². The van der Waals surface area contributed by atoms with E-state index in [1.165, 1.54) is 7.11 Å². The summed E-state index contributed by atoms with van der Waals surface area (Å²) in [5, 5.41) is 0. The van der Waals surface area contributed by atoms with Crippen LogP contribution in [0.5, 0.6) is 0 Å². The van der Waals surface area contributed by atoms with E-state index in [1.807, 2.05) is 0 Å². The smallest absolute Gasteiger partial charge is 0.350 e. The lowest BCUT2D eigenvalue weighted by Crippen LogP contribution is -2.10. The molecule has 0 aromatic carbocycles. The Balaban J connectivity index is 3.73. The van der Waals surface area contributed by atoms with Gasteiger partial charge in [-0.15, -0.1) is 0 Å². The lowest BCUT2D eigenvalue weighted by molar-refractivity contribution is -0.136. The van der Waals surface area contributed by atoms with E-state index in [0.717, 1.165) is 0 Å². The van der Waals surface area contributed by atoms with Crippen LogP contribution >= 0.6 is 7.60 Å². The summed E-state index contributed by atoms with van der Waals surface area (Å²) in [5.41, 5.74) is 0.0101. The predicted molar refractivity (Wildman–Crippen MR) is 44.0 cm³/mol. The van der Waals surface area contributed by atoms with Gasteiger partial charge in [0.2, 0.25) is 0 Å². The zero-order valence-electron chi connectivity index (χ0n) is 7.10. The van der Waals surface area contributed by atoms with Crippen LogP contribution in [0.4, 0.5) is 0 Å². The average molecular weight is 210 g/mol. The van der Waals surface area contributed by atoms with E-state index in [0.29, 0.717) is 0 Å². The molecule has 13 heavy (non-hydrogen) atoms. The first kappa shape index (κ1) is 12.3. The quantitative estimate of drug-likeness (QED) is 0.373. The molecule has 0 unspecified atom stereocenters. The van der Waals surface area contributed by atoms with Gasteiger partial charge in [0, 0.05) is 0 Å². The maximum Gasteiger partial charge on any atom is 0.350 e. The summed E-state index contributed by atoms with van der Waals surface area (Å²) in [5.74, 6) is -0.661. The summed E-state index contributed by atoms with van der Waals surface area (Å²) in [7, 11) is -3.00. The van der Waals surface area contributed by atoms with Crippen molar-refractivity contribution in [3.05, 3.63) is 12.2 Å². The fourth-order valence-corrected chi connectivity index (χ4v) is 0.820. The van der Waals surface area contributed by atoms with E-state index in [4.69, 9.17) is 9.79 Å². The van der Waals surface area contributed by atoms with Gasteiger partial charge in [-0.2, -0.15) is 0 Å². The number of hydrogen-bond acceptors (Lipinski definition) is 4. The zero-order chi connectivity index (χ0) is 10.5. The molecule has 0 rings (SSSR count). The molecule has 0 saturated carbocycles. The molecule has 0 aliphatic carbocycles. The molecule has 0 aliphatic heterocycles. The van der Waals surface area contributed by atoms with Gasteiger partial charge in [-0.05, 0) is 0 Å². The van der Waals surface area contributed by atoms with Crippen LogP contribution in [0, 0.1) is 0 Å². The first-order valence-electron chi connectivity index (χ1n) is 3.25. The number of carbonyl (C=O) groups excluding carboxylic acids is 1. The molecule has 0 amide bonds. The molecular weight excluding hydrogens is 199 g/mol. The minimum atomic E-state index is -4.18. The van der Waals surface area contributed by atoms with Crippen molar-refractivity contribution in [2.24, 2.45) is 0 Å². The Hall–Kier alpha value is -0.680. The number of carbonyl (C=O) groups is 1. The summed E-state index contributed by atoms with van der Waals surface area (Å²) < 4.78 is 19.1. The molecular formula is C6H11O6P. The van der Waals surface area contributed by atoms with Crippen molar-refractivity contribution in [2.45, 2.75) is 0 Å². The van der Waals surface area contributed by atoms with Crippen LogP contribution in [0.25, 0.3) is 0 Å². The monoisotopic (exact) mass is 210 g/mol. The minimum absolute atomic E-state index is 0.0101. The van der Waals surface area contributed by atoms with Crippen molar-refractivity contribution >= 4 is 13.6 Å². The lowest BCUT2D eigenvalue weighted by atomic mass is 10.3. The highest BCUT2D eigenvalue weighted by atomic mass is 31.2. The molecule has 0 aliphatic rings. The Bertz CT molecular complexity index is 242. The van der Waals surface area contributed by atoms with E-state index in [-0.39, 0.29) is 12.2 Å². The molecule has 0 spiro atoms. The Morgan fingerprint density at radius 3 is 2.46 bits per heavy atom. The van der Waals surface area contributed by atoms with Gasteiger partial charge < -0.3 is 19.3 Å². The highest BCUT2D eigenvalue weighted by Gasteiger charge is 2.14. The van der Waals surface area contributed by atoms with Crippen LogP contribution in [0.2, 0.25) is 0 Å². The Morgan fingerprint density at radius 2 is 2.08 bits per heavy atom. The maximum absolute atomic E-state index is 10.7. The van der Waals surface area contributed by atoms with E-state index in [2.05, 4.69) is 16.1 Å². The van der Waals surface area contributed by atoms with Gasteiger partial charge in [0.1, 0.15) is 6.35 Å². The third-order valence-corrected chi connectivity index (χ3v) is 1.53. The fourth-order valence-electron chi connectivity index (χ4n) is 0.491. The molecule has 6 nitrogen and oxygen atoms in total. The van der Waals surface area contributed by atoms with Crippen LogP contribution in [0.3, 0.4) is 0 Å². The number of hydrogen-bond donors (Lipinski definition) is 2. The van der Waals surface area contributed by atoms with Gasteiger partial charge in [0.15, 0.2) is 0 Å². The van der Waals surface area contributed by atoms with Crippen LogP contribution in [-0.2, 0) is 18.8 Å². The van der Waals surface area contributed by atoms with E-state index < -0.39 is 19.9 Å². The van der Waals surface area contributed by atoms with E-state index >= 15 is 0 Å². The second-order valence-corrected chi connectivity index (χ2v) is 3.82. The fraction of sp³-hybridized carbons (Fsp3) is 0.500. The van der Waals surface area contributed by atoms with Gasteiger partial charge in [-0.25, -0.2) is 4.79 Å². The highest BCUT2D eigenvalue weighted by Crippen LogP contribution is 2.33. The average Bonchev–Trinajstić information content (AvgIpc) is 2.00. The Morgan fingerprint density at radius 1 is 1.54 bits per heavy atom. The second kappa shape index (κ2) is 5.14. The minimum Gasteiger partial charge on any atom is -0.466 e. The molecule has 76 valence electrons. The Kier molecular flexibility index (Phi) is 4.87. The number of methoxy groups -OCH3 is 1. The molecule has 7 heteroatoms. The molecule has 0 aromatic rings. The third-order valence-electron chi connectivity index (χ3n) is 1.01. The molecule has 0 saturated heterocycles. The first-order chi connectivity index (χ1) is 5.87. The molecule has 0 radical (unpaired) electrons. The first-order valence-corrected chi connectivity index (χ1v) is 5.05. The second-order valence-electron chi connectivity index (χ2n) is 2.24. The van der Waals surface area contributed by atoms with Crippen molar-refractivity contribution in [1.29, 1.82) is 0 Å². The lowest BCUT2D eigenvalue weighted by Gasteiger charge is -2.06. The van der Waals surface area contributed by atoms with Crippen LogP contribution in [0.1, 0.15) is 0 Å². The van der Waals surface area contributed by atoms with Crippen LogP contribution < -0.4 is 0 Å². The topological polar surface area (TPSA) is 93.1 Å². The predicted octanol–water partition coefficient (Wildman–Crippen LogP) is -0.133. The van der Waals surface area contributed by atoms with Crippen molar-refractivity contribution in [3.63, 3.8) is 0 Å². The third kappa shape index (κ3) is 6.48. The molecule has 0 atom stereocenters. The van der Waals surface area contributed by atoms with Crippen molar-refractivity contribution in [2.75, 3.05) is 20.1 Å². The molecule has 0 aromatic heterocycles.